The SMILES string of the molecule is C[B][C@@H](C)n1nnc2c1CC[C@@H]1[C@H](CC2)[C@@H]1CC(C)(C)[B]C. The van der Waals surface area contributed by atoms with Crippen LogP contribution in [-0.2, 0) is 12.8 Å². The smallest absolute Gasteiger partial charge is 0.139 e. The molecule has 0 aliphatic heterocycles. The Bertz CT molecular complexity index is 526. The van der Waals surface area contributed by atoms with Gasteiger partial charge in [0, 0.05) is 5.94 Å². The van der Waals surface area contributed by atoms with Crippen LogP contribution in [0.5, 0.6) is 0 Å². The predicted octanol–water partition coefficient (Wildman–Crippen LogP) is 3.63. The van der Waals surface area contributed by atoms with Gasteiger partial charge in [0.15, 0.2) is 0 Å². The molecule has 1 heterocycles. The first-order valence-electron chi connectivity index (χ1n) is 8.99. The molecular formula is C17H29B2N3. The van der Waals surface area contributed by atoms with Crippen molar-refractivity contribution >= 4 is 14.6 Å². The Morgan fingerprint density at radius 2 is 1.91 bits per heavy atom. The van der Waals surface area contributed by atoms with E-state index in [9.17, 15) is 0 Å². The fourth-order valence-corrected chi connectivity index (χ4v) is 4.28. The van der Waals surface area contributed by atoms with Gasteiger partial charge in [0.05, 0.1) is 11.4 Å². The van der Waals surface area contributed by atoms with Gasteiger partial charge in [-0.25, -0.2) is 0 Å². The zero-order valence-corrected chi connectivity index (χ0v) is 14.8. The highest BCUT2D eigenvalue weighted by molar-refractivity contribution is 6.37. The second kappa shape index (κ2) is 6.05. The predicted molar refractivity (Wildman–Crippen MR) is 93.7 cm³/mol. The maximum atomic E-state index is 4.48. The van der Waals surface area contributed by atoms with E-state index in [4.69, 9.17) is 0 Å². The summed E-state index contributed by atoms with van der Waals surface area (Å²) >= 11 is 0. The normalized spacial score (nSPS) is 28.9. The lowest BCUT2D eigenvalue weighted by molar-refractivity contribution is 0.502. The zero-order valence-electron chi connectivity index (χ0n) is 14.8. The van der Waals surface area contributed by atoms with Crippen molar-refractivity contribution in [3.63, 3.8) is 0 Å². The maximum absolute atomic E-state index is 4.48. The molecule has 1 aromatic heterocycles. The summed E-state index contributed by atoms with van der Waals surface area (Å²) in [6.07, 6.45) is 6.28. The van der Waals surface area contributed by atoms with E-state index in [1.54, 1.807) is 0 Å². The van der Waals surface area contributed by atoms with Crippen molar-refractivity contribution in [2.75, 3.05) is 0 Å². The molecule has 1 fully saturated rings. The molecule has 0 aromatic carbocycles. The molecule has 22 heavy (non-hydrogen) atoms. The lowest BCUT2D eigenvalue weighted by atomic mass is 9.54. The van der Waals surface area contributed by atoms with Crippen LogP contribution >= 0.6 is 0 Å². The summed E-state index contributed by atoms with van der Waals surface area (Å²) in [5, 5.41) is 9.29. The third kappa shape index (κ3) is 3.00. The van der Waals surface area contributed by atoms with E-state index in [-0.39, 0.29) is 0 Å². The highest BCUT2D eigenvalue weighted by Crippen LogP contribution is 2.58. The Morgan fingerprint density at radius 1 is 1.23 bits per heavy atom. The molecule has 5 heteroatoms. The topological polar surface area (TPSA) is 30.7 Å². The van der Waals surface area contributed by atoms with Crippen LogP contribution in [0.3, 0.4) is 0 Å². The Morgan fingerprint density at radius 3 is 2.55 bits per heavy atom. The van der Waals surface area contributed by atoms with Crippen LogP contribution in [0.15, 0.2) is 0 Å². The quantitative estimate of drug-likeness (QED) is 0.777. The average Bonchev–Trinajstić information content (AvgIpc) is 2.93. The summed E-state index contributed by atoms with van der Waals surface area (Å²) in [5.74, 6) is 3.17. The van der Waals surface area contributed by atoms with Gasteiger partial charge in [0.25, 0.3) is 0 Å². The summed E-state index contributed by atoms with van der Waals surface area (Å²) < 4.78 is 2.15. The van der Waals surface area contributed by atoms with Gasteiger partial charge in [0.2, 0.25) is 0 Å². The fraction of sp³-hybridized carbons (Fsp3) is 0.882. The van der Waals surface area contributed by atoms with Gasteiger partial charge < -0.3 is 0 Å². The second-order valence-corrected chi connectivity index (χ2v) is 8.05. The van der Waals surface area contributed by atoms with Crippen LogP contribution < -0.4 is 0 Å². The molecule has 1 saturated carbocycles. The molecule has 2 aliphatic rings. The molecule has 0 unspecified atom stereocenters. The van der Waals surface area contributed by atoms with E-state index >= 15 is 0 Å². The Hall–Kier alpha value is -0.730. The average molecular weight is 297 g/mol. The van der Waals surface area contributed by atoms with Crippen LogP contribution in [0.2, 0.25) is 19.0 Å². The molecule has 3 nitrogen and oxygen atoms in total. The van der Waals surface area contributed by atoms with E-state index in [0.717, 1.165) is 30.6 Å². The minimum atomic E-state index is 0.357. The van der Waals surface area contributed by atoms with Gasteiger partial charge in [-0.05, 0) is 43.4 Å². The maximum Gasteiger partial charge on any atom is 0.139 e. The molecule has 3 rings (SSSR count). The summed E-state index contributed by atoms with van der Waals surface area (Å²) in [5.41, 5.74) is 2.66. The number of hydrogen-bond acceptors (Lipinski definition) is 2. The minimum absolute atomic E-state index is 0.357. The number of aromatic nitrogens is 3. The van der Waals surface area contributed by atoms with Crippen LogP contribution in [0.4, 0.5) is 0 Å². The second-order valence-electron chi connectivity index (χ2n) is 8.05. The lowest BCUT2D eigenvalue weighted by Gasteiger charge is -2.22. The number of rotatable bonds is 5. The third-order valence-corrected chi connectivity index (χ3v) is 6.22. The molecule has 0 N–H and O–H groups in total. The minimum Gasteiger partial charge on any atom is -0.255 e. The van der Waals surface area contributed by atoms with Crippen LogP contribution in [0.1, 0.15) is 57.4 Å². The molecule has 0 saturated heterocycles. The van der Waals surface area contributed by atoms with Gasteiger partial charge in [-0.3, -0.25) is 4.68 Å². The van der Waals surface area contributed by atoms with Gasteiger partial charge in [-0.15, -0.1) is 5.10 Å². The monoisotopic (exact) mass is 297 g/mol. The Kier molecular flexibility index (Phi) is 4.44. The van der Waals surface area contributed by atoms with E-state index in [0.29, 0.717) is 11.3 Å². The molecule has 118 valence electrons. The van der Waals surface area contributed by atoms with Crippen LogP contribution in [-0.4, -0.2) is 29.6 Å². The highest BCUT2D eigenvalue weighted by atomic mass is 15.4. The summed E-state index contributed by atoms with van der Waals surface area (Å²) in [6.45, 7) is 11.3. The summed E-state index contributed by atoms with van der Waals surface area (Å²) in [4.78, 5) is 0. The lowest BCUT2D eigenvalue weighted by Crippen LogP contribution is -2.16. The van der Waals surface area contributed by atoms with E-state index in [1.807, 2.05) is 0 Å². The van der Waals surface area contributed by atoms with Crippen molar-refractivity contribution in [1.29, 1.82) is 0 Å². The number of fused-ring (bicyclic) bond motifs is 2. The standard InChI is InChI=1S/C17H29B2N3/c1-11(18-4)22-16-9-7-13-12(6-8-15(16)20-21-22)14(13)10-17(2,3)19-5/h11-14H,6-10H2,1-5H3/t11-,12+,13-,14+/m1/s1. The van der Waals surface area contributed by atoms with Crippen molar-refractivity contribution in [3.05, 3.63) is 11.4 Å². The van der Waals surface area contributed by atoms with Crippen LogP contribution in [0.25, 0.3) is 0 Å². The third-order valence-electron chi connectivity index (χ3n) is 6.22. The van der Waals surface area contributed by atoms with Crippen molar-refractivity contribution in [1.82, 2.24) is 15.0 Å². The van der Waals surface area contributed by atoms with E-state index < -0.39 is 0 Å². The zero-order chi connectivity index (χ0) is 15.9. The summed E-state index contributed by atoms with van der Waals surface area (Å²) in [6, 6.07) is 0. The van der Waals surface area contributed by atoms with Gasteiger partial charge in [-0.2, -0.15) is 0 Å². The number of hydrogen-bond donors (Lipinski definition) is 0. The Balaban J connectivity index is 1.69. The molecule has 1 aromatic rings. The van der Waals surface area contributed by atoms with Gasteiger partial charge >= 0.3 is 0 Å². The fourth-order valence-electron chi connectivity index (χ4n) is 4.28. The highest BCUT2D eigenvalue weighted by Gasteiger charge is 2.50. The molecular weight excluding hydrogens is 268 g/mol. The summed E-state index contributed by atoms with van der Waals surface area (Å²) in [7, 11) is 4.59. The van der Waals surface area contributed by atoms with Crippen molar-refractivity contribution in [2.45, 2.75) is 77.8 Å². The molecule has 0 amide bonds. The largest absolute Gasteiger partial charge is 0.255 e. The first-order chi connectivity index (χ1) is 10.5. The number of aryl methyl sites for hydroxylation is 1. The van der Waals surface area contributed by atoms with E-state index in [2.05, 4.69) is 64.0 Å². The molecule has 2 aliphatic carbocycles. The molecule has 4 atom stereocenters. The van der Waals surface area contributed by atoms with Gasteiger partial charge in [-0.1, -0.05) is 51.4 Å². The van der Waals surface area contributed by atoms with Crippen molar-refractivity contribution < 1.29 is 0 Å². The molecule has 0 bridgehead atoms. The number of nitrogens with zero attached hydrogens (tertiary/aromatic N) is 3. The van der Waals surface area contributed by atoms with Crippen molar-refractivity contribution in [3.8, 4) is 0 Å². The van der Waals surface area contributed by atoms with Crippen molar-refractivity contribution in [2.24, 2.45) is 17.8 Å². The van der Waals surface area contributed by atoms with Gasteiger partial charge in [0.1, 0.15) is 14.6 Å². The Labute approximate surface area is 137 Å². The first-order valence-corrected chi connectivity index (χ1v) is 8.99. The first kappa shape index (κ1) is 16.1. The van der Waals surface area contributed by atoms with E-state index in [1.165, 1.54) is 30.7 Å². The van der Waals surface area contributed by atoms with Crippen LogP contribution in [0, 0.1) is 17.8 Å². The molecule has 2 radical (unpaired) electrons. The molecule has 0 spiro atoms.